The molecule has 1 saturated carbocycles. The van der Waals surface area contributed by atoms with E-state index in [9.17, 15) is 5.11 Å². The Labute approximate surface area is 123 Å². The minimum Gasteiger partial charge on any atom is -0.389 e. The van der Waals surface area contributed by atoms with Gasteiger partial charge in [0.05, 0.1) is 18.8 Å². The predicted molar refractivity (Wildman–Crippen MR) is 81.9 cm³/mol. The lowest BCUT2D eigenvalue weighted by atomic mass is 9.94. The Morgan fingerprint density at radius 3 is 2.60 bits per heavy atom. The highest BCUT2D eigenvalue weighted by Crippen LogP contribution is 2.21. The van der Waals surface area contributed by atoms with Gasteiger partial charge in [-0.25, -0.2) is 0 Å². The molecule has 0 aromatic carbocycles. The minimum absolute atomic E-state index is 0.354. The molecule has 2 rings (SSSR count). The highest BCUT2D eigenvalue weighted by atomic mass is 16.5. The van der Waals surface area contributed by atoms with E-state index in [-0.39, 0.29) is 6.10 Å². The molecule has 2 aliphatic rings. The summed E-state index contributed by atoms with van der Waals surface area (Å²) in [4.78, 5) is 2.41. The molecule has 4 nitrogen and oxygen atoms in total. The highest BCUT2D eigenvalue weighted by Gasteiger charge is 2.18. The van der Waals surface area contributed by atoms with Crippen molar-refractivity contribution < 1.29 is 9.84 Å². The van der Waals surface area contributed by atoms with Crippen LogP contribution in [0.15, 0.2) is 0 Å². The Morgan fingerprint density at radius 1 is 1.20 bits per heavy atom. The normalized spacial score (nSPS) is 24.3. The Kier molecular flexibility index (Phi) is 7.28. The molecule has 2 N–H and O–H groups in total. The minimum atomic E-state index is -0.354. The van der Waals surface area contributed by atoms with E-state index in [1.54, 1.807) is 0 Å². The molecule has 1 heterocycles. The fraction of sp³-hybridized carbons (Fsp3) is 1.00. The molecule has 0 aromatic rings. The maximum atomic E-state index is 9.89. The van der Waals surface area contributed by atoms with E-state index in [0.29, 0.717) is 19.3 Å². The summed E-state index contributed by atoms with van der Waals surface area (Å²) in [5.74, 6) is 0.866. The number of likely N-dealkylation sites (tertiary alicyclic amines) is 1. The van der Waals surface area contributed by atoms with Crippen LogP contribution >= 0.6 is 0 Å². The lowest BCUT2D eigenvalue weighted by molar-refractivity contribution is -0.00546. The number of hydrogen-bond donors (Lipinski definition) is 2. The summed E-state index contributed by atoms with van der Waals surface area (Å²) in [6, 6.07) is 0. The van der Waals surface area contributed by atoms with E-state index >= 15 is 0 Å². The molecule has 0 amide bonds. The summed E-state index contributed by atoms with van der Waals surface area (Å²) >= 11 is 0. The van der Waals surface area contributed by atoms with Crippen molar-refractivity contribution in [3.05, 3.63) is 0 Å². The number of nitrogens with one attached hydrogen (secondary N) is 1. The molecule has 118 valence electrons. The summed E-state index contributed by atoms with van der Waals surface area (Å²) < 4.78 is 5.73. The number of aliphatic hydroxyl groups is 1. The van der Waals surface area contributed by atoms with Gasteiger partial charge in [-0.15, -0.1) is 0 Å². The van der Waals surface area contributed by atoms with Crippen LogP contribution in [0.3, 0.4) is 0 Å². The van der Waals surface area contributed by atoms with Gasteiger partial charge in [-0.3, -0.25) is 0 Å². The third kappa shape index (κ3) is 6.08. The average molecular weight is 284 g/mol. The lowest BCUT2D eigenvalue weighted by Gasteiger charge is -2.29. The number of ether oxygens (including phenoxy) is 1. The van der Waals surface area contributed by atoms with Crippen molar-refractivity contribution in [2.24, 2.45) is 5.92 Å². The molecular formula is C16H32N2O2. The van der Waals surface area contributed by atoms with Crippen LogP contribution in [0.4, 0.5) is 0 Å². The standard InChI is InChI=1S/C16H32N2O2/c1-18-10-7-14(8-11-18)6-9-17-12-15(19)13-20-16-4-2-3-5-16/h14-17,19H,2-13H2,1H3. The summed E-state index contributed by atoms with van der Waals surface area (Å²) in [6.07, 6.45) is 8.87. The molecule has 1 aliphatic heterocycles. The van der Waals surface area contributed by atoms with Crippen LogP contribution in [0.5, 0.6) is 0 Å². The molecule has 1 atom stereocenters. The zero-order chi connectivity index (χ0) is 14.2. The fourth-order valence-corrected chi connectivity index (χ4v) is 3.29. The van der Waals surface area contributed by atoms with Gasteiger partial charge in [-0.1, -0.05) is 12.8 Å². The Balaban J connectivity index is 1.43. The summed E-state index contributed by atoms with van der Waals surface area (Å²) in [7, 11) is 2.20. The maximum absolute atomic E-state index is 9.89. The molecule has 20 heavy (non-hydrogen) atoms. The fourth-order valence-electron chi connectivity index (χ4n) is 3.29. The molecule has 1 aliphatic carbocycles. The van der Waals surface area contributed by atoms with E-state index < -0.39 is 0 Å². The quantitative estimate of drug-likeness (QED) is 0.665. The number of hydrogen-bond acceptors (Lipinski definition) is 4. The van der Waals surface area contributed by atoms with Crippen molar-refractivity contribution in [1.82, 2.24) is 10.2 Å². The van der Waals surface area contributed by atoms with Crippen molar-refractivity contribution in [2.45, 2.75) is 57.2 Å². The molecule has 0 aromatic heterocycles. The molecule has 0 bridgehead atoms. The van der Waals surface area contributed by atoms with Gasteiger partial charge >= 0.3 is 0 Å². The van der Waals surface area contributed by atoms with Crippen molar-refractivity contribution >= 4 is 0 Å². The maximum Gasteiger partial charge on any atom is 0.0897 e. The number of nitrogens with zero attached hydrogens (tertiary/aromatic N) is 1. The second-order valence-electron chi connectivity index (χ2n) is 6.63. The van der Waals surface area contributed by atoms with Gasteiger partial charge in [0.25, 0.3) is 0 Å². The van der Waals surface area contributed by atoms with E-state index in [4.69, 9.17) is 4.74 Å². The SMILES string of the molecule is CN1CCC(CCNCC(O)COC2CCCC2)CC1. The van der Waals surface area contributed by atoms with Crippen molar-refractivity contribution in [1.29, 1.82) is 0 Å². The predicted octanol–water partition coefficient (Wildman–Crippen LogP) is 1.63. The van der Waals surface area contributed by atoms with Gasteiger partial charge in [0.2, 0.25) is 0 Å². The lowest BCUT2D eigenvalue weighted by Crippen LogP contribution is -2.34. The first-order valence-corrected chi connectivity index (χ1v) is 8.43. The van der Waals surface area contributed by atoms with E-state index in [2.05, 4.69) is 17.3 Å². The van der Waals surface area contributed by atoms with Crippen molar-refractivity contribution in [3.8, 4) is 0 Å². The van der Waals surface area contributed by atoms with Crippen molar-refractivity contribution in [3.63, 3.8) is 0 Å². The second-order valence-corrected chi connectivity index (χ2v) is 6.63. The number of rotatable bonds is 8. The first-order valence-electron chi connectivity index (χ1n) is 8.43. The van der Waals surface area contributed by atoms with Crippen LogP contribution < -0.4 is 5.32 Å². The van der Waals surface area contributed by atoms with Crippen LogP contribution in [0.2, 0.25) is 0 Å². The molecule has 0 radical (unpaired) electrons. The third-order valence-electron chi connectivity index (χ3n) is 4.77. The highest BCUT2D eigenvalue weighted by molar-refractivity contribution is 4.72. The summed E-state index contributed by atoms with van der Waals surface area (Å²) in [6.45, 7) is 4.66. The summed E-state index contributed by atoms with van der Waals surface area (Å²) in [5, 5.41) is 13.3. The molecule has 2 fully saturated rings. The van der Waals surface area contributed by atoms with Gasteiger partial charge in [-0.05, 0) is 64.7 Å². The molecule has 1 saturated heterocycles. The number of aliphatic hydroxyl groups excluding tert-OH is 1. The first kappa shape index (κ1) is 16.2. The van der Waals surface area contributed by atoms with Crippen LogP contribution in [-0.4, -0.2) is 62.0 Å². The molecule has 0 spiro atoms. The first-order chi connectivity index (χ1) is 9.74. The molecule has 4 heteroatoms. The van der Waals surface area contributed by atoms with E-state index in [1.165, 1.54) is 58.0 Å². The molecular weight excluding hydrogens is 252 g/mol. The van der Waals surface area contributed by atoms with Crippen LogP contribution in [0.1, 0.15) is 44.9 Å². The Morgan fingerprint density at radius 2 is 1.90 bits per heavy atom. The van der Waals surface area contributed by atoms with E-state index in [0.717, 1.165) is 12.5 Å². The monoisotopic (exact) mass is 284 g/mol. The van der Waals surface area contributed by atoms with Gasteiger partial charge < -0.3 is 20.1 Å². The third-order valence-corrected chi connectivity index (χ3v) is 4.77. The van der Waals surface area contributed by atoms with Crippen LogP contribution in [0, 0.1) is 5.92 Å². The largest absolute Gasteiger partial charge is 0.389 e. The Hall–Kier alpha value is -0.160. The number of piperidine rings is 1. The van der Waals surface area contributed by atoms with Gasteiger partial charge in [0, 0.05) is 6.54 Å². The summed E-state index contributed by atoms with van der Waals surface area (Å²) in [5.41, 5.74) is 0. The zero-order valence-corrected chi connectivity index (χ0v) is 13.0. The van der Waals surface area contributed by atoms with Gasteiger partial charge in [0.1, 0.15) is 0 Å². The van der Waals surface area contributed by atoms with Gasteiger partial charge in [0.15, 0.2) is 0 Å². The van der Waals surface area contributed by atoms with Gasteiger partial charge in [-0.2, -0.15) is 0 Å². The smallest absolute Gasteiger partial charge is 0.0897 e. The van der Waals surface area contributed by atoms with Crippen molar-refractivity contribution in [2.75, 3.05) is 39.8 Å². The topological polar surface area (TPSA) is 44.7 Å². The molecule has 1 unspecified atom stereocenters. The van der Waals surface area contributed by atoms with E-state index in [1.807, 2.05) is 0 Å². The van der Waals surface area contributed by atoms with Crippen LogP contribution in [-0.2, 0) is 4.74 Å². The van der Waals surface area contributed by atoms with Crippen LogP contribution in [0.25, 0.3) is 0 Å². The zero-order valence-electron chi connectivity index (χ0n) is 13.0. The second kappa shape index (κ2) is 8.98. The average Bonchev–Trinajstić information content (AvgIpc) is 2.96. The Bertz CT molecular complexity index is 249.